The molecule has 0 atom stereocenters. The Morgan fingerprint density at radius 2 is 2.06 bits per heavy atom. The van der Waals surface area contributed by atoms with E-state index in [9.17, 15) is 0 Å². The van der Waals surface area contributed by atoms with Gasteiger partial charge in [-0.3, -0.25) is 4.40 Å². The molecule has 0 unspecified atom stereocenters. The highest BCUT2D eigenvalue weighted by atomic mass is 15.3. The summed E-state index contributed by atoms with van der Waals surface area (Å²) in [6, 6.07) is 3.94. The van der Waals surface area contributed by atoms with Crippen molar-refractivity contribution in [2.45, 2.75) is 39.2 Å². The Bertz CT molecular complexity index is 1140. The molecule has 0 spiro atoms. The standard InChI is InChI=1S/C22H29N9/c1-15(2)18-13-27-31-20(26-12-17-14-30-9-3-6-24-22(30)28-17)10-19(29-21(18)31)25-11-16-4-7-23-8-5-16/h3,6,9-10,13-16,23,26H,4-5,7-8,11-12H2,1-2H3,(H,25,29). The van der Waals surface area contributed by atoms with Gasteiger partial charge in [-0.15, -0.1) is 0 Å². The third kappa shape index (κ3) is 4.18. The highest BCUT2D eigenvalue weighted by Gasteiger charge is 2.16. The van der Waals surface area contributed by atoms with E-state index in [-0.39, 0.29) is 0 Å². The fourth-order valence-corrected chi connectivity index (χ4v) is 4.08. The van der Waals surface area contributed by atoms with Gasteiger partial charge in [0.05, 0.1) is 18.4 Å². The Morgan fingerprint density at radius 3 is 2.87 bits per heavy atom. The van der Waals surface area contributed by atoms with Crippen LogP contribution in [0.15, 0.2) is 36.9 Å². The summed E-state index contributed by atoms with van der Waals surface area (Å²) >= 11 is 0. The molecule has 9 nitrogen and oxygen atoms in total. The normalized spacial score (nSPS) is 15.2. The monoisotopic (exact) mass is 419 g/mol. The van der Waals surface area contributed by atoms with Crippen LogP contribution in [0, 0.1) is 5.92 Å². The number of nitrogens with one attached hydrogen (secondary N) is 3. The van der Waals surface area contributed by atoms with Crippen LogP contribution in [-0.4, -0.2) is 48.6 Å². The van der Waals surface area contributed by atoms with Crippen molar-refractivity contribution in [1.29, 1.82) is 0 Å². The Kier molecular flexibility index (Phi) is 5.42. The van der Waals surface area contributed by atoms with Gasteiger partial charge in [0.2, 0.25) is 5.78 Å². The van der Waals surface area contributed by atoms with E-state index in [0.29, 0.717) is 24.2 Å². The summed E-state index contributed by atoms with van der Waals surface area (Å²) in [6.07, 6.45) is 10.0. The third-order valence-electron chi connectivity index (χ3n) is 5.89. The van der Waals surface area contributed by atoms with E-state index in [2.05, 4.69) is 44.9 Å². The van der Waals surface area contributed by atoms with Crippen LogP contribution in [-0.2, 0) is 6.54 Å². The maximum atomic E-state index is 4.90. The summed E-state index contributed by atoms with van der Waals surface area (Å²) in [6.45, 7) is 8.05. The molecule has 1 fully saturated rings. The minimum Gasteiger partial charge on any atom is -0.370 e. The molecular weight excluding hydrogens is 390 g/mol. The number of imidazole rings is 1. The quantitative estimate of drug-likeness (QED) is 0.424. The van der Waals surface area contributed by atoms with Crippen molar-refractivity contribution in [1.82, 2.24) is 34.3 Å². The van der Waals surface area contributed by atoms with Gasteiger partial charge in [0.1, 0.15) is 11.6 Å². The predicted molar refractivity (Wildman–Crippen MR) is 121 cm³/mol. The van der Waals surface area contributed by atoms with Crippen LogP contribution in [0.25, 0.3) is 11.4 Å². The highest BCUT2D eigenvalue weighted by Crippen LogP contribution is 2.25. The number of hydrogen-bond acceptors (Lipinski definition) is 7. The fraction of sp³-hybridized carbons (Fsp3) is 0.455. The minimum atomic E-state index is 0.349. The van der Waals surface area contributed by atoms with Crippen molar-refractivity contribution in [2.75, 3.05) is 30.3 Å². The average Bonchev–Trinajstić information content (AvgIpc) is 3.40. The molecule has 1 saturated heterocycles. The zero-order valence-electron chi connectivity index (χ0n) is 18.0. The molecule has 0 bridgehead atoms. The van der Waals surface area contributed by atoms with Crippen LogP contribution >= 0.6 is 0 Å². The molecule has 0 aliphatic carbocycles. The number of aromatic nitrogens is 6. The van der Waals surface area contributed by atoms with E-state index in [4.69, 9.17) is 4.98 Å². The molecule has 1 aliphatic heterocycles. The van der Waals surface area contributed by atoms with Gasteiger partial charge in [-0.2, -0.15) is 9.61 Å². The lowest BCUT2D eigenvalue weighted by molar-refractivity contribution is 0.389. The first kappa shape index (κ1) is 19.7. The smallest absolute Gasteiger partial charge is 0.233 e. The van der Waals surface area contributed by atoms with Crippen molar-refractivity contribution in [3.05, 3.63) is 48.2 Å². The fourth-order valence-electron chi connectivity index (χ4n) is 4.08. The Balaban J connectivity index is 1.40. The lowest BCUT2D eigenvalue weighted by Gasteiger charge is -2.23. The summed E-state index contributed by atoms with van der Waals surface area (Å²) in [5.74, 6) is 3.50. The third-order valence-corrected chi connectivity index (χ3v) is 5.89. The van der Waals surface area contributed by atoms with E-state index >= 15 is 0 Å². The topological polar surface area (TPSA) is 96.5 Å². The van der Waals surface area contributed by atoms with Gasteiger partial charge in [0.25, 0.3) is 0 Å². The van der Waals surface area contributed by atoms with Crippen LogP contribution in [0.3, 0.4) is 0 Å². The summed E-state index contributed by atoms with van der Waals surface area (Å²) in [5, 5.41) is 15.1. The number of anilines is 2. The number of rotatable bonds is 7. The maximum Gasteiger partial charge on any atom is 0.233 e. The molecule has 4 aromatic heterocycles. The van der Waals surface area contributed by atoms with Crippen molar-refractivity contribution in [2.24, 2.45) is 5.92 Å². The van der Waals surface area contributed by atoms with Gasteiger partial charge in [-0.1, -0.05) is 13.8 Å². The summed E-state index contributed by atoms with van der Waals surface area (Å²) in [7, 11) is 0. The van der Waals surface area contributed by atoms with Crippen LogP contribution < -0.4 is 16.0 Å². The van der Waals surface area contributed by atoms with Gasteiger partial charge < -0.3 is 16.0 Å². The molecule has 4 aromatic rings. The van der Waals surface area contributed by atoms with Crippen molar-refractivity contribution >= 4 is 23.1 Å². The second-order valence-electron chi connectivity index (χ2n) is 8.50. The molecular formula is C22H29N9. The second kappa shape index (κ2) is 8.50. The SMILES string of the molecule is CC(C)c1cnn2c(NCc3cn4cccnc4n3)cc(NCC3CCNCC3)nc12. The molecule has 0 saturated carbocycles. The molecule has 3 N–H and O–H groups in total. The number of hydrogen-bond donors (Lipinski definition) is 3. The van der Waals surface area contributed by atoms with Crippen LogP contribution in [0.4, 0.5) is 11.6 Å². The predicted octanol–water partition coefficient (Wildman–Crippen LogP) is 2.92. The summed E-state index contributed by atoms with van der Waals surface area (Å²) in [5.41, 5.74) is 2.96. The molecule has 0 aromatic carbocycles. The maximum absolute atomic E-state index is 4.90. The van der Waals surface area contributed by atoms with Gasteiger partial charge >= 0.3 is 0 Å². The molecule has 162 valence electrons. The first-order valence-electron chi connectivity index (χ1n) is 11.0. The Morgan fingerprint density at radius 1 is 1.19 bits per heavy atom. The number of nitrogens with zero attached hydrogens (tertiary/aromatic N) is 6. The van der Waals surface area contributed by atoms with E-state index in [1.807, 2.05) is 39.6 Å². The van der Waals surface area contributed by atoms with Gasteiger partial charge in [0, 0.05) is 36.8 Å². The van der Waals surface area contributed by atoms with Crippen molar-refractivity contribution in [3.8, 4) is 0 Å². The lowest BCUT2D eigenvalue weighted by Crippen LogP contribution is -2.31. The Hall–Kier alpha value is -3.20. The van der Waals surface area contributed by atoms with Crippen LogP contribution in [0.5, 0.6) is 0 Å². The number of piperidine rings is 1. The first-order chi connectivity index (χ1) is 15.2. The number of fused-ring (bicyclic) bond motifs is 2. The molecule has 1 aliphatic rings. The summed E-state index contributed by atoms with van der Waals surface area (Å²) in [4.78, 5) is 13.8. The largest absolute Gasteiger partial charge is 0.370 e. The Labute approximate surface area is 181 Å². The zero-order valence-corrected chi connectivity index (χ0v) is 18.0. The van der Waals surface area contributed by atoms with Gasteiger partial charge in [-0.05, 0) is 43.8 Å². The zero-order chi connectivity index (χ0) is 21.2. The molecule has 9 heteroatoms. The second-order valence-corrected chi connectivity index (χ2v) is 8.50. The van der Waals surface area contributed by atoms with E-state index < -0.39 is 0 Å². The van der Waals surface area contributed by atoms with Crippen molar-refractivity contribution < 1.29 is 0 Å². The first-order valence-corrected chi connectivity index (χ1v) is 11.0. The van der Waals surface area contributed by atoms with Gasteiger partial charge in [0.15, 0.2) is 5.65 Å². The van der Waals surface area contributed by atoms with E-state index in [1.54, 1.807) is 6.20 Å². The highest BCUT2D eigenvalue weighted by molar-refractivity contribution is 5.61. The molecule has 31 heavy (non-hydrogen) atoms. The molecule has 5 rings (SSSR count). The van der Waals surface area contributed by atoms with Crippen molar-refractivity contribution in [3.63, 3.8) is 0 Å². The van der Waals surface area contributed by atoms with Crippen LogP contribution in [0.1, 0.15) is 43.9 Å². The van der Waals surface area contributed by atoms with E-state index in [1.165, 1.54) is 12.8 Å². The molecule has 0 radical (unpaired) electrons. The molecule has 5 heterocycles. The lowest BCUT2D eigenvalue weighted by atomic mass is 9.98. The van der Waals surface area contributed by atoms with Gasteiger partial charge in [-0.25, -0.2) is 15.0 Å². The minimum absolute atomic E-state index is 0.349. The molecule has 0 amide bonds. The average molecular weight is 420 g/mol. The van der Waals surface area contributed by atoms with Crippen LogP contribution in [0.2, 0.25) is 0 Å². The van der Waals surface area contributed by atoms with E-state index in [0.717, 1.165) is 48.2 Å². The summed E-state index contributed by atoms with van der Waals surface area (Å²) < 4.78 is 3.81.